The number of hydrogen-bond acceptors (Lipinski definition) is 4. The molecule has 1 saturated carbocycles. The molecule has 7 rings (SSSR count). The number of nitrogens with one attached hydrogen (secondary N) is 1. The zero-order valence-electron chi connectivity index (χ0n) is 22.5. The highest BCUT2D eigenvalue weighted by molar-refractivity contribution is 6.31. The van der Waals surface area contributed by atoms with Crippen LogP contribution in [-0.2, 0) is 11.8 Å². The minimum atomic E-state index is -1.19. The van der Waals surface area contributed by atoms with Crippen LogP contribution in [-0.4, -0.2) is 32.9 Å². The molecule has 0 bridgehead atoms. The molecule has 0 amide bonds. The van der Waals surface area contributed by atoms with Gasteiger partial charge >= 0.3 is 11.9 Å². The molecular weight excluding hydrogens is 589 g/mol. The van der Waals surface area contributed by atoms with Gasteiger partial charge in [-0.1, -0.05) is 29.3 Å². The fourth-order valence-electron chi connectivity index (χ4n) is 6.88. The van der Waals surface area contributed by atoms with E-state index in [-0.39, 0.29) is 28.3 Å². The molecule has 2 aliphatic carbocycles. The van der Waals surface area contributed by atoms with Crippen molar-refractivity contribution in [2.45, 2.75) is 37.0 Å². The van der Waals surface area contributed by atoms with Gasteiger partial charge in [-0.3, -0.25) is 9.59 Å². The fraction of sp³-hybridized carbons (Fsp3) is 0.176. The number of aryl methyl sites for hydroxylation is 1. The van der Waals surface area contributed by atoms with Gasteiger partial charge in [0.1, 0.15) is 0 Å². The number of ketones is 1. The first kappa shape index (κ1) is 27.4. The first-order valence-corrected chi connectivity index (χ1v) is 14.6. The number of aromatic nitrogens is 1. The first-order chi connectivity index (χ1) is 20.6. The van der Waals surface area contributed by atoms with Crippen molar-refractivity contribution in [3.05, 3.63) is 126 Å². The molecule has 4 aromatic carbocycles. The SMILES string of the molecule is O=C(O)c1cc(CCCC23CC2c2ccc(Cl)cc2C(=O)c2cc4[nH]c5ccc(Cl)cc5c(=O)c4cc23)cc(C(=O)O)c1. The smallest absolute Gasteiger partial charge is 0.335 e. The molecule has 1 aromatic heterocycles. The molecule has 9 heteroatoms. The van der Waals surface area contributed by atoms with Gasteiger partial charge in [0.05, 0.1) is 16.6 Å². The van der Waals surface area contributed by atoms with Crippen molar-refractivity contribution in [2.75, 3.05) is 0 Å². The van der Waals surface area contributed by atoms with Crippen LogP contribution in [0.2, 0.25) is 10.0 Å². The Morgan fingerprint density at radius 2 is 1.49 bits per heavy atom. The number of benzene rings is 4. The number of fused-ring (bicyclic) bond motifs is 7. The van der Waals surface area contributed by atoms with Gasteiger partial charge < -0.3 is 15.2 Å². The van der Waals surface area contributed by atoms with Crippen molar-refractivity contribution in [2.24, 2.45) is 0 Å². The number of carbonyl (C=O) groups excluding carboxylic acids is 1. The van der Waals surface area contributed by atoms with E-state index in [1.807, 2.05) is 12.1 Å². The van der Waals surface area contributed by atoms with E-state index in [2.05, 4.69) is 4.98 Å². The van der Waals surface area contributed by atoms with Gasteiger partial charge in [0.2, 0.25) is 0 Å². The highest BCUT2D eigenvalue weighted by atomic mass is 35.5. The Morgan fingerprint density at radius 3 is 2.21 bits per heavy atom. The molecule has 43 heavy (non-hydrogen) atoms. The van der Waals surface area contributed by atoms with Crippen LogP contribution in [0, 0.1) is 0 Å². The van der Waals surface area contributed by atoms with Gasteiger partial charge in [0.25, 0.3) is 0 Å². The summed E-state index contributed by atoms with van der Waals surface area (Å²) in [5.74, 6) is -2.51. The second-order valence-electron chi connectivity index (χ2n) is 11.4. The lowest BCUT2D eigenvalue weighted by Gasteiger charge is -2.20. The van der Waals surface area contributed by atoms with Crippen LogP contribution in [0.4, 0.5) is 0 Å². The molecule has 0 radical (unpaired) electrons. The Labute approximate surface area is 254 Å². The molecule has 3 N–H and O–H groups in total. The summed E-state index contributed by atoms with van der Waals surface area (Å²) in [6.07, 6.45) is 2.46. The van der Waals surface area contributed by atoms with Crippen molar-refractivity contribution in [3.8, 4) is 0 Å². The topological polar surface area (TPSA) is 125 Å². The lowest BCUT2D eigenvalue weighted by atomic mass is 9.83. The van der Waals surface area contributed by atoms with Crippen molar-refractivity contribution < 1.29 is 24.6 Å². The van der Waals surface area contributed by atoms with E-state index in [1.165, 1.54) is 12.1 Å². The number of aromatic amines is 1. The quantitative estimate of drug-likeness (QED) is 0.172. The van der Waals surface area contributed by atoms with E-state index in [1.54, 1.807) is 36.4 Å². The maximum Gasteiger partial charge on any atom is 0.335 e. The summed E-state index contributed by atoms with van der Waals surface area (Å²) in [4.78, 5) is 54.3. The Morgan fingerprint density at radius 1 is 0.814 bits per heavy atom. The van der Waals surface area contributed by atoms with Gasteiger partial charge in [0, 0.05) is 42.9 Å². The summed E-state index contributed by atoms with van der Waals surface area (Å²) in [6.45, 7) is 0. The Balaban J connectivity index is 1.35. The van der Waals surface area contributed by atoms with Crippen molar-refractivity contribution >= 4 is 62.7 Å². The zero-order chi connectivity index (χ0) is 30.2. The molecule has 2 aliphatic rings. The van der Waals surface area contributed by atoms with Gasteiger partial charge in [0.15, 0.2) is 11.2 Å². The molecule has 0 aliphatic heterocycles. The number of carboxylic acids is 2. The normalized spacial score (nSPS) is 18.6. The third kappa shape index (κ3) is 4.42. The molecule has 214 valence electrons. The number of H-pyrrole nitrogens is 1. The third-order valence-corrected chi connectivity index (χ3v) is 9.43. The molecule has 5 aromatic rings. The van der Waals surface area contributed by atoms with E-state index < -0.39 is 17.4 Å². The van der Waals surface area contributed by atoms with Crippen LogP contribution < -0.4 is 5.43 Å². The zero-order valence-corrected chi connectivity index (χ0v) is 24.1. The van der Waals surface area contributed by atoms with Gasteiger partial charge in [-0.15, -0.1) is 0 Å². The minimum absolute atomic E-state index is 0.0244. The Hall–Kier alpha value is -4.46. The van der Waals surface area contributed by atoms with Crippen LogP contribution in [0.5, 0.6) is 0 Å². The maximum absolute atomic E-state index is 14.0. The molecule has 2 atom stereocenters. The maximum atomic E-state index is 14.0. The highest BCUT2D eigenvalue weighted by Crippen LogP contribution is 2.66. The van der Waals surface area contributed by atoms with Gasteiger partial charge in [-0.05, 0) is 109 Å². The number of pyridine rings is 1. The summed E-state index contributed by atoms with van der Waals surface area (Å²) in [7, 11) is 0. The predicted molar refractivity (Wildman–Crippen MR) is 164 cm³/mol. The highest BCUT2D eigenvalue weighted by Gasteiger charge is 2.58. The van der Waals surface area contributed by atoms with Crippen LogP contribution >= 0.6 is 23.2 Å². The van der Waals surface area contributed by atoms with Gasteiger partial charge in [-0.25, -0.2) is 9.59 Å². The molecule has 7 nitrogen and oxygen atoms in total. The van der Waals surface area contributed by atoms with E-state index in [0.29, 0.717) is 67.8 Å². The average molecular weight is 612 g/mol. The Kier molecular flexibility index (Phi) is 6.24. The van der Waals surface area contributed by atoms with Crippen molar-refractivity contribution in [3.63, 3.8) is 0 Å². The third-order valence-electron chi connectivity index (χ3n) is 8.96. The van der Waals surface area contributed by atoms with E-state index in [9.17, 15) is 29.4 Å². The molecular formula is C34H23Cl2NO6. The summed E-state index contributed by atoms with van der Waals surface area (Å²) < 4.78 is 0. The van der Waals surface area contributed by atoms with Gasteiger partial charge in [-0.2, -0.15) is 0 Å². The number of carboxylic acid groups (broad SMARTS) is 2. The second-order valence-corrected chi connectivity index (χ2v) is 12.3. The van der Waals surface area contributed by atoms with Crippen LogP contribution in [0.3, 0.4) is 0 Å². The summed E-state index contributed by atoms with van der Waals surface area (Å²) >= 11 is 12.5. The second kappa shape index (κ2) is 9.79. The average Bonchev–Trinajstić information content (AvgIpc) is 3.72. The molecule has 2 unspecified atom stereocenters. The summed E-state index contributed by atoms with van der Waals surface area (Å²) in [6, 6.07) is 18.3. The van der Waals surface area contributed by atoms with E-state index in [4.69, 9.17) is 23.2 Å². The Bertz CT molecular complexity index is 2100. The van der Waals surface area contributed by atoms with Crippen LogP contribution in [0.1, 0.15) is 78.5 Å². The lowest BCUT2D eigenvalue weighted by molar-refractivity contribution is 0.0696. The van der Waals surface area contributed by atoms with Crippen molar-refractivity contribution in [1.82, 2.24) is 4.98 Å². The summed E-state index contributed by atoms with van der Waals surface area (Å²) in [5.41, 5.74) is 3.80. The van der Waals surface area contributed by atoms with E-state index in [0.717, 1.165) is 23.6 Å². The number of aromatic carboxylic acids is 2. The predicted octanol–water partition coefficient (Wildman–Crippen LogP) is 7.38. The molecule has 1 heterocycles. The standard InChI is InChI=1S/C34H23Cl2NO6/c35-19-3-5-21-22(11-19)30(38)23-14-29-25(31(39)24-12-20(36)4-6-28(24)37-29)13-26(23)34(15-27(21)34)7-1-2-16-8-17(32(40)41)10-18(9-16)33(42)43/h3-6,8-14,27H,1-2,7,15H2,(H,37,39)(H,40,41)(H,42,43). The number of carbonyl (C=O) groups is 3. The largest absolute Gasteiger partial charge is 0.478 e. The van der Waals surface area contributed by atoms with Crippen LogP contribution in [0.25, 0.3) is 21.8 Å². The number of hydrogen-bond donors (Lipinski definition) is 3. The monoisotopic (exact) mass is 611 g/mol. The van der Waals surface area contributed by atoms with E-state index >= 15 is 0 Å². The molecule has 1 fully saturated rings. The number of halogens is 2. The van der Waals surface area contributed by atoms with Crippen molar-refractivity contribution in [1.29, 1.82) is 0 Å². The molecule has 0 spiro atoms. The summed E-state index contributed by atoms with van der Waals surface area (Å²) in [5, 5.41) is 20.8. The van der Waals surface area contributed by atoms with Crippen LogP contribution in [0.15, 0.2) is 71.5 Å². The minimum Gasteiger partial charge on any atom is -0.478 e. The first-order valence-electron chi connectivity index (χ1n) is 13.8. The molecule has 0 saturated heterocycles. The lowest BCUT2D eigenvalue weighted by Crippen LogP contribution is -2.16. The fourth-order valence-corrected chi connectivity index (χ4v) is 7.23. The number of rotatable bonds is 6.